The van der Waals surface area contributed by atoms with Gasteiger partial charge in [0.15, 0.2) is 10.9 Å². The van der Waals surface area contributed by atoms with E-state index in [0.717, 1.165) is 16.9 Å². The molecule has 0 saturated heterocycles. The maximum atomic E-state index is 12.9. The molecule has 0 radical (unpaired) electrons. The summed E-state index contributed by atoms with van der Waals surface area (Å²) >= 11 is 1.43. The zero-order valence-corrected chi connectivity index (χ0v) is 15.5. The second-order valence-corrected chi connectivity index (χ2v) is 6.84. The molecule has 0 bridgehead atoms. The van der Waals surface area contributed by atoms with E-state index in [1.54, 1.807) is 24.3 Å². The van der Waals surface area contributed by atoms with E-state index in [0.29, 0.717) is 17.2 Å². The number of hydrogen-bond acceptors (Lipinski definition) is 5. The lowest BCUT2D eigenvalue weighted by atomic mass is 10.1. The van der Waals surface area contributed by atoms with Gasteiger partial charge in [-0.3, -0.25) is 9.59 Å². The fourth-order valence-corrected chi connectivity index (χ4v) is 3.13. The van der Waals surface area contributed by atoms with Crippen LogP contribution in [0.2, 0.25) is 0 Å². The van der Waals surface area contributed by atoms with Crippen LogP contribution in [-0.4, -0.2) is 16.7 Å². The third kappa shape index (κ3) is 5.46. The zero-order valence-electron chi connectivity index (χ0n) is 14.7. The van der Waals surface area contributed by atoms with E-state index < -0.39 is 0 Å². The molecule has 2 N–H and O–H groups in total. The maximum Gasteiger partial charge on any atom is 0.224 e. The van der Waals surface area contributed by atoms with Gasteiger partial charge in [-0.1, -0.05) is 12.1 Å². The lowest BCUT2D eigenvalue weighted by Crippen LogP contribution is -2.24. The van der Waals surface area contributed by atoms with Crippen LogP contribution in [0.3, 0.4) is 0 Å². The number of anilines is 2. The zero-order chi connectivity index (χ0) is 19.2. The number of aromatic nitrogens is 1. The lowest BCUT2D eigenvalue weighted by molar-refractivity contribution is -0.120. The lowest BCUT2D eigenvalue weighted by Gasteiger charge is -2.04. The summed E-state index contributed by atoms with van der Waals surface area (Å²) in [6, 6.07) is 13.0. The monoisotopic (exact) mass is 383 g/mol. The van der Waals surface area contributed by atoms with Crippen LogP contribution in [0.5, 0.6) is 0 Å². The number of hydrogen-bond donors (Lipinski definition) is 2. The first kappa shape index (κ1) is 18.7. The van der Waals surface area contributed by atoms with Crippen LogP contribution < -0.4 is 10.6 Å². The highest BCUT2D eigenvalue weighted by atomic mass is 32.1. The molecule has 1 heterocycles. The molecule has 2 aromatic carbocycles. The van der Waals surface area contributed by atoms with Crippen molar-refractivity contribution in [2.24, 2.45) is 0 Å². The topological polar surface area (TPSA) is 71.1 Å². The Balaban J connectivity index is 1.50. The smallest absolute Gasteiger partial charge is 0.224 e. The highest BCUT2D eigenvalue weighted by Gasteiger charge is 2.07. The van der Waals surface area contributed by atoms with Crippen molar-refractivity contribution in [3.63, 3.8) is 0 Å². The van der Waals surface area contributed by atoms with Gasteiger partial charge in [0.2, 0.25) is 5.91 Å². The van der Waals surface area contributed by atoms with Crippen LogP contribution in [0.25, 0.3) is 0 Å². The number of benzene rings is 2. The number of Topliss-reactive ketones (excluding diaryl/α,β-unsaturated/α-hetero) is 1. The van der Waals surface area contributed by atoms with Crippen molar-refractivity contribution in [2.75, 3.05) is 5.32 Å². The molecule has 3 aromatic rings. The standard InChI is InChI=1S/C20H18FN3O2S/c1-13(25)15-4-8-17(9-5-15)23-20-24-18(12-27-20)11-22-19(26)10-14-2-6-16(21)7-3-14/h2-9,12H,10-11H2,1H3,(H,22,26)(H,23,24). The quantitative estimate of drug-likeness (QED) is 0.603. The van der Waals surface area contributed by atoms with Gasteiger partial charge in [0, 0.05) is 16.6 Å². The summed E-state index contributed by atoms with van der Waals surface area (Å²) in [5.41, 5.74) is 2.99. The van der Waals surface area contributed by atoms with Gasteiger partial charge >= 0.3 is 0 Å². The fraction of sp³-hybridized carbons (Fsp3) is 0.150. The average Bonchev–Trinajstić information content (AvgIpc) is 3.10. The summed E-state index contributed by atoms with van der Waals surface area (Å²) in [5.74, 6) is -0.448. The van der Waals surface area contributed by atoms with E-state index in [-0.39, 0.29) is 23.9 Å². The van der Waals surface area contributed by atoms with Crippen molar-refractivity contribution in [1.82, 2.24) is 10.3 Å². The Kier molecular flexibility index (Phi) is 5.93. The Hall–Kier alpha value is -3.06. The summed E-state index contributed by atoms with van der Waals surface area (Å²) < 4.78 is 12.9. The number of nitrogens with zero attached hydrogens (tertiary/aromatic N) is 1. The Bertz CT molecular complexity index is 937. The molecular formula is C20H18FN3O2S. The average molecular weight is 383 g/mol. The molecule has 0 aliphatic heterocycles. The van der Waals surface area contributed by atoms with Crippen molar-refractivity contribution in [3.8, 4) is 0 Å². The fourth-order valence-electron chi connectivity index (χ4n) is 2.40. The number of carbonyl (C=O) groups excluding carboxylic acids is 2. The van der Waals surface area contributed by atoms with Gasteiger partial charge in [-0.2, -0.15) is 0 Å². The predicted molar refractivity (Wildman–Crippen MR) is 104 cm³/mol. The van der Waals surface area contributed by atoms with Gasteiger partial charge in [-0.05, 0) is 48.9 Å². The van der Waals surface area contributed by atoms with Gasteiger partial charge in [-0.15, -0.1) is 11.3 Å². The minimum Gasteiger partial charge on any atom is -0.350 e. The van der Waals surface area contributed by atoms with Crippen molar-refractivity contribution >= 4 is 33.8 Å². The molecule has 1 aromatic heterocycles. The Morgan fingerprint density at radius 1 is 1.07 bits per heavy atom. The normalized spacial score (nSPS) is 10.4. The van der Waals surface area contributed by atoms with Crippen LogP contribution in [0.1, 0.15) is 28.5 Å². The predicted octanol–water partition coefficient (Wildman–Crippen LogP) is 4.09. The molecular weight excluding hydrogens is 365 g/mol. The SMILES string of the molecule is CC(=O)c1ccc(Nc2nc(CNC(=O)Cc3ccc(F)cc3)cs2)cc1. The van der Waals surface area contributed by atoms with E-state index in [9.17, 15) is 14.0 Å². The van der Waals surface area contributed by atoms with Crippen molar-refractivity contribution in [2.45, 2.75) is 19.9 Å². The van der Waals surface area contributed by atoms with E-state index in [2.05, 4.69) is 15.6 Å². The Morgan fingerprint density at radius 3 is 2.44 bits per heavy atom. The van der Waals surface area contributed by atoms with E-state index in [1.807, 2.05) is 17.5 Å². The largest absolute Gasteiger partial charge is 0.350 e. The maximum absolute atomic E-state index is 12.9. The molecule has 3 rings (SSSR count). The molecule has 5 nitrogen and oxygen atoms in total. The van der Waals surface area contributed by atoms with Gasteiger partial charge in [0.05, 0.1) is 18.7 Å². The Labute approximate surface area is 160 Å². The van der Waals surface area contributed by atoms with Crippen LogP contribution in [-0.2, 0) is 17.8 Å². The number of halogens is 1. The number of thiazole rings is 1. The van der Waals surface area contributed by atoms with E-state index in [1.165, 1.54) is 30.4 Å². The van der Waals surface area contributed by atoms with Crippen LogP contribution >= 0.6 is 11.3 Å². The first-order valence-corrected chi connectivity index (χ1v) is 9.21. The minimum absolute atomic E-state index is 0.0227. The molecule has 0 saturated carbocycles. The van der Waals surface area contributed by atoms with Crippen molar-refractivity contribution in [3.05, 3.63) is 76.5 Å². The minimum atomic E-state index is -0.322. The number of nitrogens with one attached hydrogen (secondary N) is 2. The summed E-state index contributed by atoms with van der Waals surface area (Å²) in [5, 5.41) is 8.54. The molecule has 0 atom stereocenters. The third-order valence-electron chi connectivity index (χ3n) is 3.84. The molecule has 1 amide bonds. The summed E-state index contributed by atoms with van der Waals surface area (Å²) in [7, 11) is 0. The van der Waals surface area contributed by atoms with Crippen LogP contribution in [0.15, 0.2) is 53.9 Å². The second kappa shape index (κ2) is 8.55. The number of carbonyl (C=O) groups is 2. The van der Waals surface area contributed by atoms with Gasteiger partial charge in [0.25, 0.3) is 0 Å². The van der Waals surface area contributed by atoms with E-state index in [4.69, 9.17) is 0 Å². The summed E-state index contributed by atoms with van der Waals surface area (Å²) in [6.07, 6.45) is 0.192. The van der Waals surface area contributed by atoms with Crippen molar-refractivity contribution < 1.29 is 14.0 Å². The van der Waals surface area contributed by atoms with Gasteiger partial charge < -0.3 is 10.6 Å². The number of ketones is 1. The van der Waals surface area contributed by atoms with Crippen LogP contribution in [0.4, 0.5) is 15.2 Å². The van der Waals surface area contributed by atoms with Gasteiger partial charge in [-0.25, -0.2) is 9.37 Å². The number of amides is 1. The molecule has 138 valence electrons. The first-order valence-electron chi connectivity index (χ1n) is 8.33. The first-order chi connectivity index (χ1) is 13.0. The summed E-state index contributed by atoms with van der Waals surface area (Å²) in [6.45, 7) is 1.85. The molecule has 0 unspecified atom stereocenters. The molecule has 0 aliphatic carbocycles. The van der Waals surface area contributed by atoms with Gasteiger partial charge in [0.1, 0.15) is 5.82 Å². The highest BCUT2D eigenvalue weighted by molar-refractivity contribution is 7.13. The number of rotatable bonds is 7. The molecule has 0 fully saturated rings. The summed E-state index contributed by atoms with van der Waals surface area (Å²) in [4.78, 5) is 27.7. The highest BCUT2D eigenvalue weighted by Crippen LogP contribution is 2.21. The van der Waals surface area contributed by atoms with E-state index >= 15 is 0 Å². The second-order valence-electron chi connectivity index (χ2n) is 5.98. The van der Waals surface area contributed by atoms with Crippen LogP contribution in [0, 0.1) is 5.82 Å². The molecule has 0 spiro atoms. The third-order valence-corrected chi connectivity index (χ3v) is 4.65. The van der Waals surface area contributed by atoms with Crippen molar-refractivity contribution in [1.29, 1.82) is 0 Å². The molecule has 7 heteroatoms. The molecule has 27 heavy (non-hydrogen) atoms. The molecule has 0 aliphatic rings. The Morgan fingerprint density at radius 2 is 1.78 bits per heavy atom.